The number of benzene rings is 2. The summed E-state index contributed by atoms with van der Waals surface area (Å²) in [7, 11) is 0. The lowest BCUT2D eigenvalue weighted by Crippen LogP contribution is -2.19. The molecule has 0 radical (unpaired) electrons. The van der Waals surface area contributed by atoms with Gasteiger partial charge in [0.1, 0.15) is 5.69 Å². The highest BCUT2D eigenvalue weighted by molar-refractivity contribution is 5.98. The Balaban J connectivity index is 1.90. The third-order valence-electron chi connectivity index (χ3n) is 4.61. The van der Waals surface area contributed by atoms with E-state index in [1.54, 1.807) is 0 Å². The minimum atomic E-state index is -0.895. The van der Waals surface area contributed by atoms with E-state index >= 15 is 0 Å². The van der Waals surface area contributed by atoms with E-state index in [-0.39, 0.29) is 0 Å². The second-order valence-corrected chi connectivity index (χ2v) is 6.45. The Labute approximate surface area is 159 Å². The maximum absolute atomic E-state index is 12.1. The van der Waals surface area contributed by atoms with Gasteiger partial charge >= 0.3 is 5.97 Å². The Morgan fingerprint density at radius 2 is 1.85 bits per heavy atom. The van der Waals surface area contributed by atoms with E-state index in [9.17, 15) is 9.90 Å². The molecular weight excluding hydrogens is 340 g/mol. The Morgan fingerprint density at radius 3 is 2.59 bits per heavy atom. The van der Waals surface area contributed by atoms with Gasteiger partial charge in [-0.05, 0) is 31.5 Å². The molecule has 0 spiro atoms. The Kier molecular flexibility index (Phi) is 6.63. The van der Waals surface area contributed by atoms with Crippen molar-refractivity contribution in [3.8, 4) is 0 Å². The largest absolute Gasteiger partial charge is 0.477 e. The van der Waals surface area contributed by atoms with E-state index in [4.69, 9.17) is 4.74 Å². The summed E-state index contributed by atoms with van der Waals surface area (Å²) >= 11 is 0. The van der Waals surface area contributed by atoms with Gasteiger partial charge in [-0.15, -0.1) is 0 Å². The first-order valence-corrected chi connectivity index (χ1v) is 9.38. The molecule has 0 saturated carbocycles. The Morgan fingerprint density at radius 1 is 1.11 bits per heavy atom. The van der Waals surface area contributed by atoms with Gasteiger partial charge in [-0.25, -0.2) is 4.79 Å². The molecule has 1 heterocycles. The van der Waals surface area contributed by atoms with Gasteiger partial charge in [-0.3, -0.25) is 0 Å². The van der Waals surface area contributed by atoms with Crippen LogP contribution in [0, 0.1) is 0 Å². The van der Waals surface area contributed by atoms with E-state index in [1.807, 2.05) is 66.1 Å². The zero-order chi connectivity index (χ0) is 19.1. The standard InChI is InChI=1S/C22H26N2O3/c1-2-27-14-8-13-23-15-19-18-11-6-7-12-20(18)24(21(19)22(25)26)16-17-9-4-3-5-10-17/h3-7,9-12,23H,2,8,13-16H2,1H3,(H,25,26). The van der Waals surface area contributed by atoms with E-state index in [1.165, 1.54) is 0 Å². The molecule has 0 amide bonds. The first-order valence-electron chi connectivity index (χ1n) is 9.38. The number of ether oxygens (including phenoxy) is 1. The predicted octanol–water partition coefficient (Wildman–Crippen LogP) is 3.90. The fraction of sp³-hybridized carbons (Fsp3) is 0.318. The Bertz CT molecular complexity index is 887. The number of rotatable bonds is 10. The van der Waals surface area contributed by atoms with Crippen LogP contribution in [0.1, 0.15) is 35.0 Å². The van der Waals surface area contributed by atoms with Crippen molar-refractivity contribution in [2.45, 2.75) is 26.4 Å². The zero-order valence-electron chi connectivity index (χ0n) is 15.6. The summed E-state index contributed by atoms with van der Waals surface area (Å²) in [4.78, 5) is 12.1. The molecule has 0 saturated heterocycles. The number of para-hydroxylation sites is 1. The lowest BCUT2D eigenvalue weighted by Gasteiger charge is -2.10. The van der Waals surface area contributed by atoms with Gasteiger partial charge < -0.3 is 19.7 Å². The third-order valence-corrected chi connectivity index (χ3v) is 4.61. The van der Waals surface area contributed by atoms with E-state index in [0.717, 1.165) is 41.6 Å². The minimum absolute atomic E-state index is 0.359. The van der Waals surface area contributed by atoms with Crippen LogP contribution < -0.4 is 5.32 Å². The van der Waals surface area contributed by atoms with Crippen molar-refractivity contribution in [3.05, 3.63) is 71.4 Å². The molecule has 27 heavy (non-hydrogen) atoms. The molecule has 0 fully saturated rings. The lowest BCUT2D eigenvalue weighted by molar-refractivity contribution is 0.0684. The van der Waals surface area contributed by atoms with Gasteiger partial charge in [0.25, 0.3) is 0 Å². The van der Waals surface area contributed by atoms with Crippen molar-refractivity contribution in [2.75, 3.05) is 19.8 Å². The molecule has 0 unspecified atom stereocenters. The van der Waals surface area contributed by atoms with Gasteiger partial charge in [-0.1, -0.05) is 48.5 Å². The predicted molar refractivity (Wildman–Crippen MR) is 107 cm³/mol. The molecule has 5 nitrogen and oxygen atoms in total. The third kappa shape index (κ3) is 4.56. The lowest BCUT2D eigenvalue weighted by atomic mass is 10.1. The average Bonchev–Trinajstić information content (AvgIpc) is 2.99. The van der Waals surface area contributed by atoms with Crippen molar-refractivity contribution in [2.24, 2.45) is 0 Å². The summed E-state index contributed by atoms with van der Waals surface area (Å²) in [5, 5.41) is 14.3. The quantitative estimate of drug-likeness (QED) is 0.534. The molecule has 0 aliphatic heterocycles. The van der Waals surface area contributed by atoms with E-state index in [2.05, 4.69) is 5.32 Å². The summed E-state index contributed by atoms with van der Waals surface area (Å²) in [6.07, 6.45) is 0.902. The number of aromatic nitrogens is 1. The van der Waals surface area contributed by atoms with Crippen molar-refractivity contribution >= 4 is 16.9 Å². The van der Waals surface area contributed by atoms with E-state index in [0.29, 0.717) is 25.4 Å². The average molecular weight is 366 g/mol. The fourth-order valence-electron chi connectivity index (χ4n) is 3.39. The second kappa shape index (κ2) is 9.35. The first-order chi connectivity index (χ1) is 13.2. The second-order valence-electron chi connectivity index (χ2n) is 6.45. The van der Waals surface area contributed by atoms with Crippen LogP contribution in [0.5, 0.6) is 0 Å². The molecule has 3 rings (SSSR count). The van der Waals surface area contributed by atoms with Crippen LogP contribution in [0.4, 0.5) is 0 Å². The number of carboxylic acid groups (broad SMARTS) is 1. The van der Waals surface area contributed by atoms with Crippen molar-refractivity contribution in [3.63, 3.8) is 0 Å². The minimum Gasteiger partial charge on any atom is -0.477 e. The summed E-state index contributed by atoms with van der Waals surface area (Å²) in [5.74, 6) is -0.895. The van der Waals surface area contributed by atoms with Crippen molar-refractivity contribution in [1.29, 1.82) is 0 Å². The molecule has 142 valence electrons. The molecule has 2 aromatic carbocycles. The van der Waals surface area contributed by atoms with Crippen LogP contribution in [0.25, 0.3) is 10.9 Å². The van der Waals surface area contributed by atoms with Gasteiger partial charge in [0, 0.05) is 42.8 Å². The van der Waals surface area contributed by atoms with Crippen LogP contribution >= 0.6 is 0 Å². The molecule has 5 heteroatoms. The number of nitrogens with zero attached hydrogens (tertiary/aromatic N) is 1. The van der Waals surface area contributed by atoms with Gasteiger partial charge in [0.2, 0.25) is 0 Å². The summed E-state index contributed by atoms with van der Waals surface area (Å²) in [6, 6.07) is 17.9. The smallest absolute Gasteiger partial charge is 0.352 e. The van der Waals surface area contributed by atoms with Crippen molar-refractivity contribution < 1.29 is 14.6 Å². The number of carboxylic acids is 1. The highest BCUT2D eigenvalue weighted by atomic mass is 16.5. The number of hydrogen-bond donors (Lipinski definition) is 2. The number of fused-ring (bicyclic) bond motifs is 1. The first kappa shape index (κ1) is 19.1. The molecular formula is C22H26N2O3. The number of carbonyl (C=O) groups is 1. The van der Waals surface area contributed by atoms with Gasteiger partial charge in [-0.2, -0.15) is 0 Å². The van der Waals surface area contributed by atoms with Crippen molar-refractivity contribution in [1.82, 2.24) is 9.88 Å². The van der Waals surface area contributed by atoms with Gasteiger partial charge in [0.05, 0.1) is 0 Å². The number of nitrogens with one attached hydrogen (secondary N) is 1. The fourth-order valence-corrected chi connectivity index (χ4v) is 3.39. The highest BCUT2D eigenvalue weighted by Crippen LogP contribution is 2.27. The van der Waals surface area contributed by atoms with Crippen LogP contribution in [0.2, 0.25) is 0 Å². The molecule has 0 bridgehead atoms. The van der Waals surface area contributed by atoms with Crippen LogP contribution in [0.3, 0.4) is 0 Å². The molecule has 2 N–H and O–H groups in total. The maximum atomic E-state index is 12.1. The van der Waals surface area contributed by atoms with Gasteiger partial charge in [0.15, 0.2) is 0 Å². The molecule has 0 aliphatic rings. The maximum Gasteiger partial charge on any atom is 0.352 e. The number of aromatic carboxylic acids is 1. The van der Waals surface area contributed by atoms with E-state index < -0.39 is 5.97 Å². The molecule has 3 aromatic rings. The molecule has 0 atom stereocenters. The zero-order valence-corrected chi connectivity index (χ0v) is 15.6. The highest BCUT2D eigenvalue weighted by Gasteiger charge is 2.21. The summed E-state index contributed by atoms with van der Waals surface area (Å²) < 4.78 is 7.26. The normalized spacial score (nSPS) is 11.1. The molecule has 1 aromatic heterocycles. The number of hydrogen-bond acceptors (Lipinski definition) is 3. The topological polar surface area (TPSA) is 63.5 Å². The monoisotopic (exact) mass is 366 g/mol. The summed E-state index contributed by atoms with van der Waals surface area (Å²) in [5.41, 5.74) is 3.23. The van der Waals surface area contributed by atoms with Crippen LogP contribution in [-0.2, 0) is 17.8 Å². The van der Waals surface area contributed by atoms with Crippen LogP contribution in [-0.4, -0.2) is 35.4 Å². The Hall–Kier alpha value is -2.63. The molecule has 0 aliphatic carbocycles. The summed E-state index contributed by atoms with van der Waals surface area (Å²) in [6.45, 7) is 5.26. The van der Waals surface area contributed by atoms with Crippen LogP contribution in [0.15, 0.2) is 54.6 Å². The SMILES string of the molecule is CCOCCCNCc1c(C(=O)O)n(Cc2ccccc2)c2ccccc12.